The summed E-state index contributed by atoms with van der Waals surface area (Å²) in [7, 11) is 1.90. The van der Waals surface area contributed by atoms with Crippen molar-refractivity contribution in [2.75, 3.05) is 0 Å². The molecule has 0 spiro atoms. The van der Waals surface area contributed by atoms with Crippen molar-refractivity contribution >= 4 is 16.8 Å². The molecule has 24 heavy (non-hydrogen) atoms. The number of benzene rings is 1. The second-order valence-electron chi connectivity index (χ2n) is 5.51. The molecule has 1 aromatic carbocycles. The predicted molar refractivity (Wildman–Crippen MR) is 90.9 cm³/mol. The van der Waals surface area contributed by atoms with E-state index in [1.807, 2.05) is 48.9 Å². The normalized spacial score (nSPS) is 11.1. The first-order valence-electron chi connectivity index (χ1n) is 7.56. The first kappa shape index (κ1) is 15.9. The number of hydrogen-bond acceptors (Lipinski definition) is 4. The van der Waals surface area contributed by atoms with Gasteiger partial charge in [0.1, 0.15) is 5.52 Å². The number of imidazole rings is 1. The minimum absolute atomic E-state index is 0. The van der Waals surface area contributed by atoms with E-state index in [9.17, 15) is 4.79 Å². The van der Waals surface area contributed by atoms with Crippen LogP contribution >= 0.6 is 0 Å². The monoisotopic (exact) mass is 326 g/mol. The SMILES string of the molecule is CCCn1c(=O)n2c(-c3ccccc3)nnc2c2c1ncn2C.O. The minimum atomic E-state index is -0.156. The van der Waals surface area contributed by atoms with Crippen molar-refractivity contribution < 1.29 is 5.48 Å². The van der Waals surface area contributed by atoms with E-state index in [1.165, 1.54) is 0 Å². The molecule has 0 saturated heterocycles. The van der Waals surface area contributed by atoms with Crippen LogP contribution in [0, 0.1) is 0 Å². The van der Waals surface area contributed by atoms with Crippen molar-refractivity contribution in [3.8, 4) is 11.4 Å². The number of aromatic nitrogens is 6. The molecule has 0 bridgehead atoms. The molecule has 4 rings (SSSR count). The maximum Gasteiger partial charge on any atom is 0.337 e. The first-order valence-corrected chi connectivity index (χ1v) is 7.56. The van der Waals surface area contributed by atoms with Crippen LogP contribution in [0.3, 0.4) is 0 Å². The third-order valence-corrected chi connectivity index (χ3v) is 3.95. The molecule has 8 heteroatoms. The van der Waals surface area contributed by atoms with E-state index in [4.69, 9.17) is 0 Å². The predicted octanol–water partition coefficient (Wildman–Crippen LogP) is 1.03. The standard InChI is InChI=1S/C16H16N6O.H2O/c1-3-9-21-14-12(20(2)10-17-14)15-19-18-13(22(15)16(21)23)11-7-5-4-6-8-11;/h4-8,10H,3,9H2,1-2H3;1H2. The van der Waals surface area contributed by atoms with E-state index in [-0.39, 0.29) is 11.2 Å². The minimum Gasteiger partial charge on any atom is -0.412 e. The molecule has 0 aliphatic carbocycles. The Labute approximate surface area is 137 Å². The summed E-state index contributed by atoms with van der Waals surface area (Å²) < 4.78 is 5.15. The number of aryl methyl sites for hydroxylation is 2. The van der Waals surface area contributed by atoms with Crippen LogP contribution in [0.1, 0.15) is 13.3 Å². The molecule has 0 aliphatic rings. The molecule has 2 N–H and O–H groups in total. The number of hydrogen-bond donors (Lipinski definition) is 0. The van der Waals surface area contributed by atoms with Crippen molar-refractivity contribution in [1.82, 2.24) is 28.7 Å². The highest BCUT2D eigenvalue weighted by molar-refractivity contribution is 5.86. The van der Waals surface area contributed by atoms with Crippen LogP contribution < -0.4 is 5.69 Å². The summed E-state index contributed by atoms with van der Waals surface area (Å²) in [6.07, 6.45) is 2.55. The summed E-state index contributed by atoms with van der Waals surface area (Å²) in [5, 5.41) is 8.51. The number of rotatable bonds is 3. The molecule has 3 heterocycles. The molecular formula is C16H18N6O2. The largest absolute Gasteiger partial charge is 0.412 e. The van der Waals surface area contributed by atoms with Crippen molar-refractivity contribution in [2.45, 2.75) is 19.9 Å². The van der Waals surface area contributed by atoms with Crippen LogP contribution in [-0.4, -0.2) is 34.2 Å². The van der Waals surface area contributed by atoms with Gasteiger partial charge in [-0.3, -0.25) is 4.57 Å². The van der Waals surface area contributed by atoms with Gasteiger partial charge in [0.25, 0.3) is 0 Å². The average Bonchev–Trinajstić information content (AvgIpc) is 3.16. The van der Waals surface area contributed by atoms with Crippen molar-refractivity contribution in [3.63, 3.8) is 0 Å². The van der Waals surface area contributed by atoms with Gasteiger partial charge in [-0.2, -0.15) is 0 Å². The van der Waals surface area contributed by atoms with Gasteiger partial charge in [-0.15, -0.1) is 10.2 Å². The van der Waals surface area contributed by atoms with Crippen molar-refractivity contribution in [1.29, 1.82) is 0 Å². The lowest BCUT2D eigenvalue weighted by atomic mass is 10.2. The van der Waals surface area contributed by atoms with Gasteiger partial charge in [0.15, 0.2) is 17.1 Å². The molecule has 0 fully saturated rings. The highest BCUT2D eigenvalue weighted by Gasteiger charge is 2.19. The molecule has 0 amide bonds. The highest BCUT2D eigenvalue weighted by Crippen LogP contribution is 2.21. The van der Waals surface area contributed by atoms with E-state index >= 15 is 0 Å². The van der Waals surface area contributed by atoms with Gasteiger partial charge < -0.3 is 10.0 Å². The fourth-order valence-electron chi connectivity index (χ4n) is 2.90. The van der Waals surface area contributed by atoms with E-state index in [1.54, 1.807) is 15.3 Å². The van der Waals surface area contributed by atoms with Crippen LogP contribution in [0.2, 0.25) is 0 Å². The maximum absolute atomic E-state index is 13.0. The van der Waals surface area contributed by atoms with Crippen LogP contribution in [-0.2, 0) is 13.6 Å². The molecule has 124 valence electrons. The Kier molecular flexibility index (Phi) is 3.90. The lowest BCUT2D eigenvalue weighted by Crippen LogP contribution is -2.28. The summed E-state index contributed by atoms with van der Waals surface area (Å²) in [5.74, 6) is 0.554. The second-order valence-corrected chi connectivity index (χ2v) is 5.51. The zero-order chi connectivity index (χ0) is 16.0. The van der Waals surface area contributed by atoms with Gasteiger partial charge >= 0.3 is 5.69 Å². The van der Waals surface area contributed by atoms with E-state index in [2.05, 4.69) is 15.2 Å². The van der Waals surface area contributed by atoms with Gasteiger partial charge in [-0.05, 0) is 6.42 Å². The Hall–Kier alpha value is -3.00. The van der Waals surface area contributed by atoms with Crippen molar-refractivity contribution in [2.24, 2.45) is 7.05 Å². The molecule has 0 aliphatic heterocycles. The maximum atomic E-state index is 13.0. The molecule has 3 aromatic heterocycles. The quantitative estimate of drug-likeness (QED) is 0.561. The van der Waals surface area contributed by atoms with Gasteiger partial charge in [-0.1, -0.05) is 37.3 Å². The van der Waals surface area contributed by atoms with E-state index < -0.39 is 0 Å². The lowest BCUT2D eigenvalue weighted by molar-refractivity contribution is 0.648. The Morgan fingerprint density at radius 3 is 2.54 bits per heavy atom. The Morgan fingerprint density at radius 1 is 1.08 bits per heavy atom. The van der Waals surface area contributed by atoms with E-state index in [0.717, 1.165) is 17.5 Å². The molecule has 0 unspecified atom stereocenters. The fourth-order valence-corrected chi connectivity index (χ4v) is 2.90. The van der Waals surface area contributed by atoms with Crippen LogP contribution in [0.5, 0.6) is 0 Å². The van der Waals surface area contributed by atoms with Crippen molar-refractivity contribution in [3.05, 3.63) is 47.1 Å². The Bertz CT molecular complexity index is 1060. The third kappa shape index (κ3) is 2.11. The van der Waals surface area contributed by atoms with Gasteiger partial charge in [0.05, 0.1) is 6.33 Å². The van der Waals surface area contributed by atoms with E-state index in [0.29, 0.717) is 23.7 Å². The molecule has 4 aromatic rings. The lowest BCUT2D eigenvalue weighted by Gasteiger charge is -2.08. The summed E-state index contributed by atoms with van der Waals surface area (Å²) >= 11 is 0. The summed E-state index contributed by atoms with van der Waals surface area (Å²) in [6.45, 7) is 2.64. The summed E-state index contributed by atoms with van der Waals surface area (Å²) in [4.78, 5) is 17.4. The topological polar surface area (TPSA) is 102 Å². The highest BCUT2D eigenvalue weighted by atomic mass is 16.1. The van der Waals surface area contributed by atoms with Crippen LogP contribution in [0.15, 0.2) is 41.5 Å². The number of nitrogens with zero attached hydrogens (tertiary/aromatic N) is 6. The molecule has 0 atom stereocenters. The average molecular weight is 326 g/mol. The summed E-state index contributed by atoms with van der Waals surface area (Å²) in [6, 6.07) is 9.62. The number of fused-ring (bicyclic) bond motifs is 3. The fraction of sp³-hybridized carbons (Fsp3) is 0.250. The molecular weight excluding hydrogens is 308 g/mol. The van der Waals surface area contributed by atoms with Crippen LogP contribution in [0.25, 0.3) is 28.2 Å². The van der Waals surface area contributed by atoms with Crippen LogP contribution in [0.4, 0.5) is 0 Å². The first-order chi connectivity index (χ1) is 11.2. The van der Waals surface area contributed by atoms with Gasteiger partial charge in [-0.25, -0.2) is 14.2 Å². The second kappa shape index (κ2) is 5.89. The zero-order valence-electron chi connectivity index (χ0n) is 13.5. The van der Waals surface area contributed by atoms with Gasteiger partial charge in [0.2, 0.25) is 0 Å². The third-order valence-electron chi connectivity index (χ3n) is 3.95. The zero-order valence-corrected chi connectivity index (χ0v) is 13.5. The smallest absolute Gasteiger partial charge is 0.337 e. The Morgan fingerprint density at radius 2 is 1.83 bits per heavy atom. The molecule has 8 nitrogen and oxygen atoms in total. The molecule has 0 radical (unpaired) electrons. The molecule has 0 saturated carbocycles. The summed E-state index contributed by atoms with van der Waals surface area (Å²) in [5.41, 5.74) is 2.71. The van der Waals surface area contributed by atoms with Gasteiger partial charge in [0, 0.05) is 19.2 Å². The Balaban J connectivity index is 0.00000169.